The number of carbonyl (C=O) groups excluding carboxylic acids is 2. The zero-order valence-corrected chi connectivity index (χ0v) is 12.4. The van der Waals surface area contributed by atoms with Crippen LogP contribution in [0.3, 0.4) is 0 Å². The van der Waals surface area contributed by atoms with Gasteiger partial charge in [-0.15, -0.1) is 0 Å². The summed E-state index contributed by atoms with van der Waals surface area (Å²) in [5, 5.41) is 2.30. The molecule has 2 bridgehead atoms. The largest absolute Gasteiger partial charge is 0.296 e. The Hall–Kier alpha value is -1.73. The molecular formula is C14H16N2O4S. The van der Waals surface area contributed by atoms with E-state index in [-0.39, 0.29) is 29.8 Å². The molecule has 112 valence electrons. The smallest absolute Gasteiger partial charge is 0.243 e. The van der Waals surface area contributed by atoms with Crippen molar-refractivity contribution in [1.29, 1.82) is 0 Å². The van der Waals surface area contributed by atoms with Gasteiger partial charge in [0.1, 0.15) is 0 Å². The van der Waals surface area contributed by atoms with Gasteiger partial charge in [-0.2, -0.15) is 4.31 Å². The van der Waals surface area contributed by atoms with E-state index in [1.54, 1.807) is 24.3 Å². The third-order valence-corrected chi connectivity index (χ3v) is 5.91. The molecule has 2 aliphatic heterocycles. The number of benzene rings is 1. The minimum absolute atomic E-state index is 0.131. The van der Waals surface area contributed by atoms with Crippen molar-refractivity contribution in [3.05, 3.63) is 29.8 Å². The normalized spacial score (nSPS) is 26.5. The highest BCUT2D eigenvalue weighted by Gasteiger charge is 2.44. The molecule has 0 unspecified atom stereocenters. The highest BCUT2D eigenvalue weighted by Crippen LogP contribution is 2.30. The quantitative estimate of drug-likeness (QED) is 0.795. The highest BCUT2D eigenvalue weighted by molar-refractivity contribution is 7.89. The third kappa shape index (κ3) is 2.47. The fourth-order valence-corrected chi connectivity index (χ4v) is 4.35. The van der Waals surface area contributed by atoms with Crippen molar-refractivity contribution in [3.8, 4) is 0 Å². The fraction of sp³-hybridized carbons (Fsp3) is 0.429. The van der Waals surface area contributed by atoms with Gasteiger partial charge in [0.05, 0.1) is 16.7 Å². The molecule has 0 spiro atoms. The van der Waals surface area contributed by atoms with Gasteiger partial charge in [-0.3, -0.25) is 14.9 Å². The second kappa shape index (κ2) is 4.92. The second-order valence-electron chi connectivity index (χ2n) is 5.62. The van der Waals surface area contributed by atoms with Crippen LogP contribution in [0.5, 0.6) is 0 Å². The number of nitrogens with one attached hydrogen (secondary N) is 1. The standard InChI is InChI=1S/C14H16N2O4S/c1-9-2-4-12(5-3-9)21(19,20)16-7-10-6-11(8-16)14(18)15-13(10)17/h2-5,10-11H,6-8H2,1H3,(H,15,17,18)/t10-,11+. The first kappa shape index (κ1) is 14.2. The first-order valence-electron chi connectivity index (χ1n) is 6.79. The number of fused-ring (bicyclic) bond motifs is 2. The number of sulfonamides is 1. The van der Waals surface area contributed by atoms with Crippen molar-refractivity contribution < 1.29 is 18.0 Å². The zero-order valence-electron chi connectivity index (χ0n) is 11.6. The van der Waals surface area contributed by atoms with E-state index >= 15 is 0 Å². The fourth-order valence-electron chi connectivity index (χ4n) is 2.82. The first-order chi connectivity index (χ1) is 9.88. The summed E-state index contributed by atoms with van der Waals surface area (Å²) in [5.74, 6) is -1.64. The van der Waals surface area contributed by atoms with Crippen LogP contribution in [0.15, 0.2) is 29.2 Å². The molecule has 3 rings (SSSR count). The lowest BCUT2D eigenvalue weighted by molar-refractivity contribution is -0.142. The molecule has 2 atom stereocenters. The van der Waals surface area contributed by atoms with E-state index in [1.165, 1.54) is 4.31 Å². The lowest BCUT2D eigenvalue weighted by atomic mass is 9.86. The molecule has 2 saturated heterocycles. The summed E-state index contributed by atoms with van der Waals surface area (Å²) in [7, 11) is -3.67. The Morgan fingerprint density at radius 3 is 2.10 bits per heavy atom. The van der Waals surface area contributed by atoms with Gasteiger partial charge in [0.2, 0.25) is 21.8 Å². The molecule has 6 nitrogen and oxygen atoms in total. The summed E-state index contributed by atoms with van der Waals surface area (Å²) < 4.78 is 26.5. The Morgan fingerprint density at radius 2 is 1.57 bits per heavy atom. The van der Waals surface area contributed by atoms with E-state index in [0.717, 1.165) is 5.56 Å². The lowest BCUT2D eigenvalue weighted by Crippen LogP contribution is -2.57. The van der Waals surface area contributed by atoms with Crippen LogP contribution in [0, 0.1) is 18.8 Å². The van der Waals surface area contributed by atoms with Crippen LogP contribution in [-0.2, 0) is 19.6 Å². The van der Waals surface area contributed by atoms with Gasteiger partial charge >= 0.3 is 0 Å². The summed E-state index contributed by atoms with van der Waals surface area (Å²) >= 11 is 0. The van der Waals surface area contributed by atoms with Crippen LogP contribution in [-0.4, -0.2) is 37.6 Å². The van der Waals surface area contributed by atoms with Crippen LogP contribution in [0.2, 0.25) is 0 Å². The number of rotatable bonds is 2. The summed E-state index contributed by atoms with van der Waals surface area (Å²) in [6.07, 6.45) is 0.435. The molecule has 0 aromatic heterocycles. The Morgan fingerprint density at radius 1 is 1.05 bits per heavy atom. The third-order valence-electron chi connectivity index (χ3n) is 4.06. The van der Waals surface area contributed by atoms with Gasteiger partial charge in [0, 0.05) is 13.1 Å². The second-order valence-corrected chi connectivity index (χ2v) is 7.56. The van der Waals surface area contributed by atoms with E-state index in [2.05, 4.69) is 5.32 Å². The number of hydrogen-bond donors (Lipinski definition) is 1. The summed E-state index contributed by atoms with van der Waals surface area (Å²) in [4.78, 5) is 23.6. The van der Waals surface area contributed by atoms with Gasteiger partial charge < -0.3 is 0 Å². The van der Waals surface area contributed by atoms with Crippen LogP contribution >= 0.6 is 0 Å². The Bertz CT molecular complexity index is 674. The van der Waals surface area contributed by atoms with Crippen LogP contribution in [0.4, 0.5) is 0 Å². The number of piperidine rings is 2. The minimum atomic E-state index is -3.67. The molecule has 2 heterocycles. The van der Waals surface area contributed by atoms with Gasteiger partial charge in [-0.05, 0) is 25.5 Å². The number of imide groups is 1. The summed E-state index contributed by atoms with van der Waals surface area (Å²) in [5.41, 5.74) is 0.971. The van der Waals surface area contributed by atoms with Crippen molar-refractivity contribution in [3.63, 3.8) is 0 Å². The molecule has 7 heteroatoms. The van der Waals surface area contributed by atoms with E-state index in [4.69, 9.17) is 0 Å². The average Bonchev–Trinajstić information content (AvgIpc) is 2.45. The predicted molar refractivity (Wildman–Crippen MR) is 74.7 cm³/mol. The maximum Gasteiger partial charge on any atom is 0.243 e. The molecule has 0 aliphatic carbocycles. The van der Waals surface area contributed by atoms with Crippen molar-refractivity contribution in [2.24, 2.45) is 11.8 Å². The Kier molecular flexibility index (Phi) is 3.33. The highest BCUT2D eigenvalue weighted by atomic mass is 32.2. The number of aryl methyl sites for hydroxylation is 1. The molecule has 1 N–H and O–H groups in total. The van der Waals surface area contributed by atoms with Crippen molar-refractivity contribution in [1.82, 2.24) is 9.62 Å². The predicted octanol–water partition coefficient (Wildman–Crippen LogP) is 0.278. The maximum atomic E-state index is 12.6. The van der Waals surface area contributed by atoms with Gasteiger partial charge in [0.15, 0.2) is 0 Å². The number of carbonyl (C=O) groups is 2. The van der Waals surface area contributed by atoms with Gasteiger partial charge in [-0.1, -0.05) is 17.7 Å². The Balaban J connectivity index is 1.91. The van der Waals surface area contributed by atoms with Gasteiger partial charge in [0.25, 0.3) is 0 Å². The van der Waals surface area contributed by atoms with E-state index in [1.807, 2.05) is 6.92 Å². The molecule has 2 fully saturated rings. The molecule has 2 aliphatic rings. The molecule has 1 aromatic carbocycles. The average molecular weight is 308 g/mol. The number of hydrogen-bond acceptors (Lipinski definition) is 4. The molecule has 0 radical (unpaired) electrons. The number of nitrogens with zero attached hydrogens (tertiary/aromatic N) is 1. The number of amides is 2. The van der Waals surface area contributed by atoms with Crippen molar-refractivity contribution in [2.45, 2.75) is 18.2 Å². The SMILES string of the molecule is Cc1ccc(S(=O)(=O)N2C[C@H]3C[C@@H](C2)C(=O)NC3=O)cc1. The van der Waals surface area contributed by atoms with E-state index in [9.17, 15) is 18.0 Å². The maximum absolute atomic E-state index is 12.6. The summed E-state index contributed by atoms with van der Waals surface area (Å²) in [6.45, 7) is 2.14. The minimum Gasteiger partial charge on any atom is -0.296 e. The van der Waals surface area contributed by atoms with Crippen molar-refractivity contribution in [2.75, 3.05) is 13.1 Å². The molecule has 2 amide bonds. The summed E-state index contributed by atoms with van der Waals surface area (Å²) in [6, 6.07) is 6.57. The molecule has 0 saturated carbocycles. The Labute approximate surface area is 123 Å². The van der Waals surface area contributed by atoms with Crippen LogP contribution in [0.1, 0.15) is 12.0 Å². The zero-order chi connectivity index (χ0) is 15.2. The monoisotopic (exact) mass is 308 g/mol. The van der Waals surface area contributed by atoms with Crippen molar-refractivity contribution >= 4 is 21.8 Å². The lowest BCUT2D eigenvalue weighted by Gasteiger charge is -2.38. The van der Waals surface area contributed by atoms with E-state index < -0.39 is 21.9 Å². The van der Waals surface area contributed by atoms with Crippen LogP contribution < -0.4 is 5.32 Å². The topological polar surface area (TPSA) is 83.6 Å². The molecule has 21 heavy (non-hydrogen) atoms. The van der Waals surface area contributed by atoms with E-state index in [0.29, 0.717) is 6.42 Å². The van der Waals surface area contributed by atoms with Gasteiger partial charge in [-0.25, -0.2) is 8.42 Å². The molecule has 1 aromatic rings. The molecular weight excluding hydrogens is 292 g/mol. The van der Waals surface area contributed by atoms with Crippen LogP contribution in [0.25, 0.3) is 0 Å². The first-order valence-corrected chi connectivity index (χ1v) is 8.23.